The maximum absolute atomic E-state index is 13.9. The monoisotopic (exact) mass is 460 g/mol. The van der Waals surface area contributed by atoms with Crippen molar-refractivity contribution in [1.29, 1.82) is 0 Å². The van der Waals surface area contributed by atoms with Crippen molar-refractivity contribution in [1.82, 2.24) is 9.37 Å². The molecule has 168 valence electrons. The summed E-state index contributed by atoms with van der Waals surface area (Å²) < 4.78 is 34.9. The summed E-state index contributed by atoms with van der Waals surface area (Å²) in [5, 5.41) is 1.70. The number of furan rings is 1. The fourth-order valence-corrected chi connectivity index (χ4v) is 5.64. The van der Waals surface area contributed by atoms with E-state index in [-0.39, 0.29) is 11.4 Å². The zero-order valence-corrected chi connectivity index (χ0v) is 18.7. The van der Waals surface area contributed by atoms with E-state index >= 15 is 0 Å². The van der Waals surface area contributed by atoms with E-state index in [1.54, 1.807) is 53.8 Å². The first-order valence-corrected chi connectivity index (χ1v) is 12.2. The number of benzene rings is 3. The molecule has 0 N–H and O–H groups in total. The molecule has 0 radical (unpaired) electrons. The van der Waals surface area contributed by atoms with Gasteiger partial charge in [0, 0.05) is 6.54 Å². The Morgan fingerprint density at radius 3 is 2.06 bits per heavy atom. The summed E-state index contributed by atoms with van der Waals surface area (Å²) in [5.74, 6) is 0.497. The minimum Gasteiger partial charge on any atom is -0.466 e. The molecule has 0 spiro atoms. The summed E-state index contributed by atoms with van der Waals surface area (Å²) >= 11 is 0. The molecule has 5 rings (SSSR count). The van der Waals surface area contributed by atoms with Crippen molar-refractivity contribution in [3.63, 3.8) is 0 Å². The predicted molar refractivity (Wildman–Crippen MR) is 124 cm³/mol. The van der Waals surface area contributed by atoms with Gasteiger partial charge in [0.2, 0.25) is 10.0 Å². The molecule has 1 aliphatic rings. The van der Waals surface area contributed by atoms with Crippen LogP contribution in [0.5, 0.6) is 0 Å². The molecule has 4 aromatic rings. The standard InChI is InChI=1S/C26H24N2O4S/c29-33(30,23-15-8-3-9-16-23)28-20-25(22-13-6-2-7-14-22)32-27(19-21-11-4-1-5-12-21)26(28)24-17-10-18-31-24/h1-18,25-26H,19-20H2/t25-,26+/m1/s1. The molecule has 6 nitrogen and oxygen atoms in total. The molecule has 7 heteroatoms. The molecular weight excluding hydrogens is 436 g/mol. The summed E-state index contributed by atoms with van der Waals surface area (Å²) in [6, 6.07) is 31.5. The Labute approximate surface area is 193 Å². The van der Waals surface area contributed by atoms with Crippen LogP contribution in [-0.2, 0) is 21.4 Å². The van der Waals surface area contributed by atoms with Gasteiger partial charge in [-0.05, 0) is 35.4 Å². The lowest BCUT2D eigenvalue weighted by molar-refractivity contribution is -0.288. The van der Waals surface area contributed by atoms with Crippen molar-refractivity contribution >= 4 is 10.0 Å². The number of nitrogens with zero attached hydrogens (tertiary/aromatic N) is 2. The smallest absolute Gasteiger partial charge is 0.245 e. The third kappa shape index (κ3) is 4.49. The molecule has 1 fully saturated rings. The average molecular weight is 461 g/mol. The van der Waals surface area contributed by atoms with Gasteiger partial charge in [-0.15, -0.1) is 0 Å². The lowest BCUT2D eigenvalue weighted by atomic mass is 10.1. The van der Waals surface area contributed by atoms with E-state index < -0.39 is 22.3 Å². The fourth-order valence-electron chi connectivity index (χ4n) is 4.06. The molecule has 0 bridgehead atoms. The highest BCUT2D eigenvalue weighted by Crippen LogP contribution is 2.40. The highest BCUT2D eigenvalue weighted by atomic mass is 32.2. The van der Waals surface area contributed by atoms with Gasteiger partial charge < -0.3 is 4.42 Å². The van der Waals surface area contributed by atoms with Crippen LogP contribution in [0.2, 0.25) is 0 Å². The fraction of sp³-hybridized carbons (Fsp3) is 0.154. The minimum atomic E-state index is -3.85. The van der Waals surface area contributed by atoms with Crippen molar-refractivity contribution in [2.24, 2.45) is 0 Å². The molecule has 1 aromatic heterocycles. The van der Waals surface area contributed by atoms with E-state index in [1.165, 1.54) is 4.31 Å². The largest absolute Gasteiger partial charge is 0.466 e. The molecule has 0 unspecified atom stereocenters. The molecule has 2 atom stereocenters. The summed E-state index contributed by atoms with van der Waals surface area (Å²) in [7, 11) is -3.85. The SMILES string of the molecule is O=S(=O)(c1ccccc1)N1C[C@H](c2ccccc2)ON(Cc2ccccc2)[C@@H]1c1ccco1. The topological polar surface area (TPSA) is 63.0 Å². The van der Waals surface area contributed by atoms with Gasteiger partial charge in [-0.3, -0.25) is 4.84 Å². The molecule has 2 heterocycles. The normalized spacial score (nSPS) is 20.0. The molecule has 3 aromatic carbocycles. The molecule has 1 saturated heterocycles. The number of rotatable bonds is 6. The van der Waals surface area contributed by atoms with Crippen LogP contribution in [0.3, 0.4) is 0 Å². The van der Waals surface area contributed by atoms with Gasteiger partial charge in [-0.1, -0.05) is 78.9 Å². The van der Waals surface area contributed by atoms with Gasteiger partial charge in [0.25, 0.3) is 0 Å². The summed E-state index contributed by atoms with van der Waals surface area (Å²) in [6.07, 6.45) is 0.317. The Morgan fingerprint density at radius 2 is 1.42 bits per heavy atom. The van der Waals surface area contributed by atoms with E-state index in [0.717, 1.165) is 11.1 Å². The van der Waals surface area contributed by atoms with E-state index in [2.05, 4.69) is 0 Å². The van der Waals surface area contributed by atoms with E-state index in [1.807, 2.05) is 60.7 Å². The first-order valence-electron chi connectivity index (χ1n) is 10.8. The second-order valence-corrected chi connectivity index (χ2v) is 9.73. The second kappa shape index (κ2) is 9.33. The maximum atomic E-state index is 13.9. The Hall–Kier alpha value is -3.23. The van der Waals surface area contributed by atoms with Gasteiger partial charge in [0.15, 0.2) is 6.17 Å². The van der Waals surface area contributed by atoms with Crippen LogP contribution >= 0.6 is 0 Å². The zero-order valence-electron chi connectivity index (χ0n) is 17.9. The number of hydrogen-bond acceptors (Lipinski definition) is 5. The molecular formula is C26H24N2O4S. The van der Waals surface area contributed by atoms with Crippen molar-refractivity contribution in [2.75, 3.05) is 6.54 Å². The molecule has 33 heavy (non-hydrogen) atoms. The highest BCUT2D eigenvalue weighted by molar-refractivity contribution is 7.89. The maximum Gasteiger partial charge on any atom is 0.245 e. The van der Waals surface area contributed by atoms with Gasteiger partial charge in [0.05, 0.1) is 17.7 Å². The van der Waals surface area contributed by atoms with Gasteiger partial charge in [-0.2, -0.15) is 9.37 Å². The minimum absolute atomic E-state index is 0.151. The van der Waals surface area contributed by atoms with Crippen LogP contribution in [0.4, 0.5) is 0 Å². The molecule has 0 amide bonds. The summed E-state index contributed by atoms with van der Waals surface area (Å²) in [4.78, 5) is 6.67. The first kappa shape index (κ1) is 21.6. The van der Waals surface area contributed by atoms with Crippen LogP contribution in [-0.4, -0.2) is 24.3 Å². The van der Waals surface area contributed by atoms with Crippen LogP contribution in [0.1, 0.15) is 29.2 Å². The Kier molecular flexibility index (Phi) is 6.11. The second-order valence-electron chi connectivity index (χ2n) is 7.84. The third-order valence-corrected chi connectivity index (χ3v) is 7.49. The first-order chi connectivity index (χ1) is 16.1. The zero-order chi connectivity index (χ0) is 22.7. The van der Waals surface area contributed by atoms with Crippen molar-refractivity contribution in [3.05, 3.63) is 126 Å². The van der Waals surface area contributed by atoms with Crippen LogP contribution in [0.15, 0.2) is 119 Å². The highest BCUT2D eigenvalue weighted by Gasteiger charge is 2.45. The van der Waals surface area contributed by atoms with Crippen molar-refractivity contribution in [2.45, 2.75) is 23.7 Å². The Bertz CT molecular complexity index is 1260. The van der Waals surface area contributed by atoms with Crippen LogP contribution < -0.4 is 0 Å². The number of hydrogen-bond donors (Lipinski definition) is 0. The predicted octanol–water partition coefficient (Wildman–Crippen LogP) is 5.16. The van der Waals surface area contributed by atoms with Crippen LogP contribution in [0, 0.1) is 0 Å². The van der Waals surface area contributed by atoms with E-state index in [9.17, 15) is 8.42 Å². The lowest BCUT2D eigenvalue weighted by Gasteiger charge is -2.44. The average Bonchev–Trinajstić information content (AvgIpc) is 3.40. The molecule has 0 saturated carbocycles. The summed E-state index contributed by atoms with van der Waals surface area (Å²) in [6.45, 7) is 0.536. The quantitative estimate of drug-likeness (QED) is 0.398. The van der Waals surface area contributed by atoms with Gasteiger partial charge >= 0.3 is 0 Å². The van der Waals surface area contributed by atoms with Crippen LogP contribution in [0.25, 0.3) is 0 Å². The Morgan fingerprint density at radius 1 is 0.788 bits per heavy atom. The van der Waals surface area contributed by atoms with E-state index in [0.29, 0.717) is 12.3 Å². The van der Waals surface area contributed by atoms with Gasteiger partial charge in [0.1, 0.15) is 11.9 Å². The van der Waals surface area contributed by atoms with E-state index in [4.69, 9.17) is 9.25 Å². The number of hydroxylamine groups is 2. The molecule has 1 aliphatic heterocycles. The molecule has 0 aliphatic carbocycles. The van der Waals surface area contributed by atoms with Crippen molar-refractivity contribution in [3.8, 4) is 0 Å². The lowest BCUT2D eigenvalue weighted by Crippen LogP contribution is -2.51. The third-order valence-electron chi connectivity index (χ3n) is 5.65. The Balaban J connectivity index is 1.61. The van der Waals surface area contributed by atoms with Gasteiger partial charge in [-0.25, -0.2) is 8.42 Å². The summed E-state index contributed by atoms with van der Waals surface area (Å²) in [5.41, 5.74) is 1.90. The van der Waals surface area contributed by atoms with Crippen molar-refractivity contribution < 1.29 is 17.7 Å². The number of sulfonamides is 1.